The van der Waals surface area contributed by atoms with Crippen LogP contribution in [0.15, 0.2) is 46.8 Å². The predicted octanol–water partition coefficient (Wildman–Crippen LogP) is 3.66. The van der Waals surface area contributed by atoms with Gasteiger partial charge in [-0.3, -0.25) is 0 Å². The van der Waals surface area contributed by atoms with E-state index in [2.05, 4.69) is 10.2 Å². The maximum absolute atomic E-state index is 13.0. The Hall–Kier alpha value is -3.56. The van der Waals surface area contributed by atoms with Crippen molar-refractivity contribution in [1.82, 2.24) is 5.32 Å². The first kappa shape index (κ1) is 26.7. The highest BCUT2D eigenvalue weighted by atomic mass is 16.9. The average Bonchev–Trinajstić information content (AvgIpc) is 2.76. The largest absolute Gasteiger partial charge is 0.493 e. The van der Waals surface area contributed by atoms with Gasteiger partial charge in [0, 0.05) is 22.4 Å². The van der Waals surface area contributed by atoms with Crippen LogP contribution in [0.5, 0.6) is 5.75 Å². The maximum Gasteiger partial charge on any atom is 0.336 e. The minimum absolute atomic E-state index is 0.0949. The number of rotatable bonds is 11. The third-order valence-electron chi connectivity index (χ3n) is 5.16. The normalized spacial score (nSPS) is 14.4. The van der Waals surface area contributed by atoms with E-state index in [9.17, 15) is 19.7 Å². The van der Waals surface area contributed by atoms with Crippen molar-refractivity contribution in [2.75, 3.05) is 26.4 Å². The molecule has 0 saturated carbocycles. The topological polar surface area (TPSA) is 126 Å². The molecule has 1 aliphatic heterocycles. The van der Waals surface area contributed by atoms with Crippen molar-refractivity contribution in [3.8, 4) is 5.75 Å². The number of para-hydroxylation sites is 1. The van der Waals surface area contributed by atoms with E-state index in [4.69, 9.17) is 14.2 Å². The van der Waals surface area contributed by atoms with Gasteiger partial charge in [-0.1, -0.05) is 32.0 Å². The summed E-state index contributed by atoms with van der Waals surface area (Å²) < 4.78 is 16.7. The first-order valence-electron chi connectivity index (χ1n) is 11.0. The molecule has 0 amide bonds. The predicted molar refractivity (Wildman–Crippen MR) is 123 cm³/mol. The highest BCUT2D eigenvalue weighted by molar-refractivity contribution is 6.00. The number of nitrogens with one attached hydrogen (secondary N) is 1. The number of benzene rings is 1. The molecule has 0 bridgehead atoms. The van der Waals surface area contributed by atoms with Crippen molar-refractivity contribution in [3.63, 3.8) is 0 Å². The van der Waals surface area contributed by atoms with Crippen LogP contribution in [0.2, 0.25) is 0 Å². The van der Waals surface area contributed by atoms with E-state index in [0.29, 0.717) is 22.7 Å². The van der Waals surface area contributed by atoms with Gasteiger partial charge in [0.25, 0.3) is 5.09 Å². The Labute approximate surface area is 199 Å². The Morgan fingerprint density at radius 1 is 1.00 bits per heavy atom. The fourth-order valence-electron chi connectivity index (χ4n) is 3.66. The van der Waals surface area contributed by atoms with Crippen LogP contribution in [-0.4, -0.2) is 43.5 Å². The molecule has 0 atom stereocenters. The van der Waals surface area contributed by atoms with Crippen LogP contribution >= 0.6 is 0 Å². The lowest BCUT2D eigenvalue weighted by molar-refractivity contribution is -0.760. The van der Waals surface area contributed by atoms with Crippen LogP contribution in [0.3, 0.4) is 0 Å². The lowest BCUT2D eigenvalue weighted by Gasteiger charge is -2.32. The summed E-state index contributed by atoms with van der Waals surface area (Å²) in [5, 5.41) is 12.8. The highest BCUT2D eigenvalue weighted by Gasteiger charge is 2.39. The van der Waals surface area contributed by atoms with Crippen molar-refractivity contribution in [2.45, 2.75) is 47.5 Å². The van der Waals surface area contributed by atoms with E-state index in [0.717, 1.165) is 0 Å². The van der Waals surface area contributed by atoms with Crippen molar-refractivity contribution in [3.05, 3.63) is 62.5 Å². The molecule has 0 spiro atoms. The third-order valence-corrected chi connectivity index (χ3v) is 5.16. The van der Waals surface area contributed by atoms with Crippen LogP contribution in [-0.2, 0) is 23.9 Å². The lowest BCUT2D eigenvalue weighted by Crippen LogP contribution is -2.33. The summed E-state index contributed by atoms with van der Waals surface area (Å²) >= 11 is 0. The number of nitrogens with zero attached hydrogens (tertiary/aromatic N) is 1. The first-order valence-corrected chi connectivity index (χ1v) is 11.0. The molecule has 1 N–H and O–H groups in total. The molecular weight excluding hydrogens is 444 g/mol. The van der Waals surface area contributed by atoms with E-state index in [1.54, 1.807) is 65.8 Å². The van der Waals surface area contributed by atoms with E-state index >= 15 is 0 Å². The van der Waals surface area contributed by atoms with Gasteiger partial charge in [-0.2, -0.15) is 0 Å². The quantitative estimate of drug-likeness (QED) is 0.289. The van der Waals surface area contributed by atoms with Crippen molar-refractivity contribution in [1.29, 1.82) is 0 Å². The van der Waals surface area contributed by atoms with E-state index < -0.39 is 28.4 Å². The Morgan fingerprint density at radius 2 is 1.53 bits per heavy atom. The van der Waals surface area contributed by atoms with Crippen LogP contribution in [0.25, 0.3) is 0 Å². The summed E-state index contributed by atoms with van der Waals surface area (Å²) in [6.45, 7) is 10.7. The molecule has 34 heavy (non-hydrogen) atoms. The Morgan fingerprint density at radius 3 is 2.03 bits per heavy atom. The second kappa shape index (κ2) is 11.5. The number of dihydropyridines is 1. The first-order chi connectivity index (χ1) is 16.0. The smallest absolute Gasteiger partial charge is 0.336 e. The van der Waals surface area contributed by atoms with Crippen molar-refractivity contribution < 1.29 is 33.7 Å². The third kappa shape index (κ3) is 6.49. The van der Waals surface area contributed by atoms with Crippen LogP contribution in [0, 0.1) is 15.5 Å². The van der Waals surface area contributed by atoms with Gasteiger partial charge in [0.1, 0.15) is 12.4 Å². The molecule has 10 nitrogen and oxygen atoms in total. The zero-order valence-corrected chi connectivity index (χ0v) is 20.4. The number of carbonyl (C=O) groups is 2. The molecular formula is C24H32N2O8. The van der Waals surface area contributed by atoms with Gasteiger partial charge in [-0.05, 0) is 33.8 Å². The summed E-state index contributed by atoms with van der Waals surface area (Å²) in [7, 11) is 0. The Balaban J connectivity index is 2.54. The monoisotopic (exact) mass is 476 g/mol. The van der Waals surface area contributed by atoms with Crippen molar-refractivity contribution >= 4 is 11.9 Å². The number of esters is 2. The Bertz CT molecular complexity index is 956. The standard InChI is InChI=1S/C24H32N2O8/c1-7-31-22(27)19-15(3)25-16(4)20(23(28)32-8-2)21(19)17-11-9-10-12-18(17)33-13-24(5,6)14-34-26(29)30/h9-12,21,25H,7-8,13-14H2,1-6H3. The number of allylic oxidation sites excluding steroid dienone is 2. The second-order valence-electron chi connectivity index (χ2n) is 8.56. The summed E-state index contributed by atoms with van der Waals surface area (Å²) in [5.74, 6) is -1.48. The maximum atomic E-state index is 13.0. The number of carbonyl (C=O) groups excluding carboxylic acids is 2. The zero-order valence-electron chi connectivity index (χ0n) is 20.4. The molecule has 0 saturated heterocycles. The summed E-state index contributed by atoms with van der Waals surface area (Å²) in [4.78, 5) is 41.1. The number of ether oxygens (including phenoxy) is 3. The molecule has 1 aromatic carbocycles. The molecule has 186 valence electrons. The zero-order chi connectivity index (χ0) is 25.5. The molecule has 0 aromatic heterocycles. The number of hydrogen-bond donors (Lipinski definition) is 1. The van der Waals surface area contributed by atoms with Gasteiger partial charge < -0.3 is 24.4 Å². The summed E-state index contributed by atoms with van der Waals surface area (Å²) in [6, 6.07) is 7.03. The molecule has 10 heteroatoms. The van der Waals surface area contributed by atoms with Crippen LogP contribution in [0.1, 0.15) is 53.0 Å². The molecule has 2 rings (SSSR count). The summed E-state index contributed by atoms with van der Waals surface area (Å²) in [6.07, 6.45) is 0. The van der Waals surface area contributed by atoms with Crippen LogP contribution < -0.4 is 10.1 Å². The van der Waals surface area contributed by atoms with Gasteiger partial charge in [-0.25, -0.2) is 9.59 Å². The molecule has 0 fully saturated rings. The molecule has 0 aliphatic carbocycles. The SMILES string of the molecule is CCOC(=O)C1=C(C)NC(C)=C(C(=O)OCC)C1c1ccccc1OCC(C)(C)CO[N+](=O)[O-]. The molecule has 0 radical (unpaired) electrons. The van der Waals surface area contributed by atoms with Gasteiger partial charge in [0.2, 0.25) is 0 Å². The second-order valence-corrected chi connectivity index (χ2v) is 8.56. The molecule has 1 aliphatic rings. The van der Waals surface area contributed by atoms with Gasteiger partial charge in [0.05, 0.1) is 36.9 Å². The Kier molecular flexibility index (Phi) is 9.05. The fraction of sp³-hybridized carbons (Fsp3) is 0.500. The van der Waals surface area contributed by atoms with E-state index in [1.807, 2.05) is 0 Å². The van der Waals surface area contributed by atoms with Crippen molar-refractivity contribution in [2.24, 2.45) is 5.41 Å². The minimum Gasteiger partial charge on any atom is -0.493 e. The number of hydrogen-bond acceptors (Lipinski definition) is 9. The van der Waals surface area contributed by atoms with E-state index in [-0.39, 0.29) is 37.6 Å². The lowest BCUT2D eigenvalue weighted by atomic mass is 9.80. The summed E-state index contributed by atoms with van der Waals surface area (Å²) in [5.41, 5.74) is 1.57. The van der Waals surface area contributed by atoms with Gasteiger partial charge in [-0.15, -0.1) is 10.1 Å². The molecule has 1 heterocycles. The average molecular weight is 477 g/mol. The van der Waals surface area contributed by atoms with Gasteiger partial charge in [0.15, 0.2) is 0 Å². The van der Waals surface area contributed by atoms with Crippen LogP contribution in [0.4, 0.5) is 0 Å². The molecule has 1 aromatic rings. The van der Waals surface area contributed by atoms with E-state index in [1.165, 1.54) is 0 Å². The molecule has 0 unspecified atom stereocenters. The minimum atomic E-state index is -0.844. The fourth-order valence-corrected chi connectivity index (χ4v) is 3.66. The highest BCUT2D eigenvalue weighted by Crippen LogP contribution is 2.43. The van der Waals surface area contributed by atoms with Gasteiger partial charge >= 0.3 is 11.9 Å².